The van der Waals surface area contributed by atoms with E-state index < -0.39 is 11.9 Å². The quantitative estimate of drug-likeness (QED) is 0.731. The van der Waals surface area contributed by atoms with Crippen LogP contribution in [0.2, 0.25) is 0 Å². The van der Waals surface area contributed by atoms with Gasteiger partial charge in [-0.1, -0.05) is 6.07 Å². The number of benzene rings is 1. The molecule has 1 aliphatic rings. The van der Waals surface area contributed by atoms with Gasteiger partial charge >= 0.3 is 6.09 Å². The zero-order chi connectivity index (χ0) is 17.1. The summed E-state index contributed by atoms with van der Waals surface area (Å²) in [7, 11) is 0. The highest BCUT2D eigenvalue weighted by molar-refractivity contribution is 5.90. The molecule has 1 heterocycles. The summed E-state index contributed by atoms with van der Waals surface area (Å²) in [6.45, 7) is 2.32. The van der Waals surface area contributed by atoms with Crippen molar-refractivity contribution in [2.45, 2.75) is 32.4 Å². The number of aryl methyl sites for hydroxylation is 1. The molecule has 3 rings (SSSR count). The molecule has 0 radical (unpaired) electrons. The van der Waals surface area contributed by atoms with Gasteiger partial charge in [0.25, 0.3) is 0 Å². The van der Waals surface area contributed by atoms with Crippen LogP contribution in [-0.4, -0.2) is 17.2 Å². The fourth-order valence-corrected chi connectivity index (χ4v) is 2.12. The third kappa shape index (κ3) is 3.92. The Hall–Kier alpha value is -2.83. The van der Waals surface area contributed by atoms with E-state index in [-0.39, 0.29) is 23.2 Å². The van der Waals surface area contributed by atoms with Crippen LogP contribution in [-0.2, 0) is 11.3 Å². The fourth-order valence-electron chi connectivity index (χ4n) is 2.12. The first-order chi connectivity index (χ1) is 11.5. The highest BCUT2D eigenvalue weighted by Crippen LogP contribution is 2.29. The van der Waals surface area contributed by atoms with Gasteiger partial charge in [0, 0.05) is 18.4 Å². The van der Waals surface area contributed by atoms with Crippen LogP contribution in [0.15, 0.2) is 30.5 Å². The van der Waals surface area contributed by atoms with Gasteiger partial charge in [0.15, 0.2) is 5.82 Å². The van der Waals surface area contributed by atoms with Crippen LogP contribution in [0.3, 0.4) is 0 Å². The van der Waals surface area contributed by atoms with E-state index in [2.05, 4.69) is 15.6 Å². The molecule has 1 fully saturated rings. The number of halogens is 1. The number of nitrogens with zero attached hydrogens (tertiary/aromatic N) is 1. The highest BCUT2D eigenvalue weighted by atomic mass is 19.1. The predicted molar refractivity (Wildman–Crippen MR) is 90.2 cm³/mol. The van der Waals surface area contributed by atoms with Crippen molar-refractivity contribution in [2.24, 2.45) is 0 Å². The lowest BCUT2D eigenvalue weighted by atomic mass is 10.2. The van der Waals surface area contributed by atoms with E-state index in [1.54, 1.807) is 12.3 Å². The maximum absolute atomic E-state index is 14.4. The molecule has 126 valence electrons. The first-order valence-electron chi connectivity index (χ1n) is 7.74. The monoisotopic (exact) mass is 330 g/mol. The van der Waals surface area contributed by atoms with Crippen molar-refractivity contribution in [1.29, 1.82) is 0 Å². The van der Waals surface area contributed by atoms with Crippen LogP contribution >= 0.6 is 0 Å². The second kappa shape index (κ2) is 6.74. The topological polar surface area (TPSA) is 89.3 Å². The lowest BCUT2D eigenvalue weighted by Gasteiger charge is -2.13. The Labute approximate surface area is 139 Å². The summed E-state index contributed by atoms with van der Waals surface area (Å²) in [6, 6.07) is 6.88. The molecule has 24 heavy (non-hydrogen) atoms. The van der Waals surface area contributed by atoms with Crippen molar-refractivity contribution >= 4 is 23.2 Å². The summed E-state index contributed by atoms with van der Waals surface area (Å²) in [5, 5.41) is 5.44. The summed E-state index contributed by atoms with van der Waals surface area (Å²) in [5.74, 6) is -0.612. The van der Waals surface area contributed by atoms with E-state index in [0.29, 0.717) is 6.54 Å². The molecule has 7 heteroatoms. The number of carbonyl (C=O) groups is 1. The number of ether oxygens (including phenoxy) is 1. The number of rotatable bonds is 5. The molecular formula is C17H19FN4O2. The van der Waals surface area contributed by atoms with E-state index in [9.17, 15) is 9.18 Å². The number of pyridine rings is 1. The SMILES string of the molecule is Cc1ccc(CNc2ccc(NC(=O)OC3CC3)c(N)c2F)cn1. The minimum absolute atomic E-state index is 0.0277. The summed E-state index contributed by atoms with van der Waals surface area (Å²) in [6.07, 6.45) is 2.82. The number of nitrogen functional groups attached to an aromatic ring is 1. The first-order valence-corrected chi connectivity index (χ1v) is 7.74. The minimum Gasteiger partial charge on any atom is -0.446 e. The zero-order valence-corrected chi connectivity index (χ0v) is 13.3. The van der Waals surface area contributed by atoms with E-state index in [4.69, 9.17) is 10.5 Å². The zero-order valence-electron chi connectivity index (χ0n) is 13.3. The Morgan fingerprint density at radius 1 is 1.33 bits per heavy atom. The van der Waals surface area contributed by atoms with E-state index in [1.165, 1.54) is 6.07 Å². The van der Waals surface area contributed by atoms with Crippen LogP contribution in [0.1, 0.15) is 24.1 Å². The number of carbonyl (C=O) groups excluding carboxylic acids is 1. The second-order valence-electron chi connectivity index (χ2n) is 5.78. The van der Waals surface area contributed by atoms with Crippen molar-refractivity contribution in [1.82, 2.24) is 4.98 Å². The molecule has 0 bridgehead atoms. The van der Waals surface area contributed by atoms with E-state index in [0.717, 1.165) is 24.1 Å². The maximum atomic E-state index is 14.4. The number of amides is 1. The average Bonchev–Trinajstić information content (AvgIpc) is 3.36. The van der Waals surface area contributed by atoms with Gasteiger partial charge in [0.1, 0.15) is 6.10 Å². The van der Waals surface area contributed by atoms with Gasteiger partial charge in [-0.05, 0) is 43.5 Å². The van der Waals surface area contributed by atoms with Gasteiger partial charge in [-0.25, -0.2) is 9.18 Å². The molecule has 0 atom stereocenters. The predicted octanol–water partition coefficient (Wildman–Crippen LogP) is 3.43. The third-order valence-electron chi connectivity index (χ3n) is 3.67. The molecule has 6 nitrogen and oxygen atoms in total. The molecule has 0 spiro atoms. The van der Waals surface area contributed by atoms with Gasteiger partial charge in [-0.3, -0.25) is 10.3 Å². The van der Waals surface area contributed by atoms with Crippen molar-refractivity contribution in [3.05, 3.63) is 47.5 Å². The van der Waals surface area contributed by atoms with Crippen molar-refractivity contribution in [2.75, 3.05) is 16.4 Å². The lowest BCUT2D eigenvalue weighted by molar-refractivity contribution is 0.154. The molecule has 0 aliphatic heterocycles. The Bertz CT molecular complexity index is 745. The van der Waals surface area contributed by atoms with Crippen LogP contribution < -0.4 is 16.4 Å². The average molecular weight is 330 g/mol. The molecule has 1 aliphatic carbocycles. The first kappa shape index (κ1) is 16.0. The molecule has 0 unspecified atom stereocenters. The summed E-state index contributed by atoms with van der Waals surface area (Å²) >= 11 is 0. The largest absolute Gasteiger partial charge is 0.446 e. The molecule has 1 amide bonds. The van der Waals surface area contributed by atoms with Gasteiger partial charge in [0.2, 0.25) is 0 Å². The molecule has 2 aromatic rings. The Morgan fingerprint density at radius 3 is 2.75 bits per heavy atom. The summed E-state index contributed by atoms with van der Waals surface area (Å²) < 4.78 is 19.4. The standard InChI is InChI=1S/C17H19FN4O2/c1-10-2-3-11(8-20-10)9-21-13-6-7-14(16(19)15(13)18)22-17(23)24-12-4-5-12/h2-3,6-8,12,21H,4-5,9,19H2,1H3,(H,22,23). The third-order valence-corrected chi connectivity index (χ3v) is 3.67. The van der Waals surface area contributed by atoms with E-state index in [1.807, 2.05) is 19.1 Å². The number of hydrogen-bond donors (Lipinski definition) is 3. The number of hydrogen-bond acceptors (Lipinski definition) is 5. The minimum atomic E-state index is -0.616. The summed E-state index contributed by atoms with van der Waals surface area (Å²) in [5.41, 5.74) is 7.94. The maximum Gasteiger partial charge on any atom is 0.411 e. The van der Waals surface area contributed by atoms with Crippen molar-refractivity contribution in [3.63, 3.8) is 0 Å². The second-order valence-corrected chi connectivity index (χ2v) is 5.78. The number of aromatic nitrogens is 1. The van der Waals surface area contributed by atoms with Crippen LogP contribution in [0, 0.1) is 12.7 Å². The smallest absolute Gasteiger partial charge is 0.411 e. The number of nitrogens with two attached hydrogens (primary N) is 1. The van der Waals surface area contributed by atoms with Crippen LogP contribution in [0.5, 0.6) is 0 Å². The van der Waals surface area contributed by atoms with Crippen LogP contribution in [0.25, 0.3) is 0 Å². The van der Waals surface area contributed by atoms with E-state index >= 15 is 0 Å². The van der Waals surface area contributed by atoms with Gasteiger partial charge < -0.3 is 15.8 Å². The molecule has 1 aromatic heterocycles. The molecular weight excluding hydrogens is 311 g/mol. The molecule has 0 saturated heterocycles. The summed E-state index contributed by atoms with van der Waals surface area (Å²) in [4.78, 5) is 15.8. The van der Waals surface area contributed by atoms with Crippen molar-refractivity contribution < 1.29 is 13.9 Å². The van der Waals surface area contributed by atoms with Gasteiger partial charge in [-0.2, -0.15) is 0 Å². The highest BCUT2D eigenvalue weighted by Gasteiger charge is 2.26. The Morgan fingerprint density at radius 2 is 2.08 bits per heavy atom. The lowest BCUT2D eigenvalue weighted by Crippen LogP contribution is -2.16. The Balaban J connectivity index is 1.65. The van der Waals surface area contributed by atoms with Crippen LogP contribution in [0.4, 0.5) is 26.2 Å². The molecule has 1 aromatic carbocycles. The normalized spacial score (nSPS) is 13.4. The molecule has 4 N–H and O–H groups in total. The van der Waals surface area contributed by atoms with Gasteiger partial charge in [0.05, 0.1) is 17.1 Å². The Kier molecular flexibility index (Phi) is 4.50. The van der Waals surface area contributed by atoms with Crippen molar-refractivity contribution in [3.8, 4) is 0 Å². The fraction of sp³-hybridized carbons (Fsp3) is 0.294. The number of anilines is 3. The van der Waals surface area contributed by atoms with Gasteiger partial charge in [-0.15, -0.1) is 0 Å². The molecule has 1 saturated carbocycles. The number of nitrogens with one attached hydrogen (secondary N) is 2.